The lowest BCUT2D eigenvalue weighted by Gasteiger charge is -2.32. The van der Waals surface area contributed by atoms with Gasteiger partial charge in [-0.3, -0.25) is 14.4 Å². The number of aryl methyl sites for hydroxylation is 2. The molecule has 0 N–H and O–H groups in total. The lowest BCUT2D eigenvalue weighted by Crippen LogP contribution is -2.44. The first kappa shape index (κ1) is 26.6. The number of rotatable bonds is 8. The van der Waals surface area contributed by atoms with E-state index in [4.69, 9.17) is 14.2 Å². The second-order valence-electron chi connectivity index (χ2n) is 13.0. The number of hydrogen-bond donors (Lipinski definition) is 0. The SMILES string of the molecule is Cc1cc(C)cc(CC(=O)C2C3C=CC4(O3)C(C(=O)CC3CCCCC3)C(Cc3ccc5c(c3)OCO5)C(=O)C24)c1. The Kier molecular flexibility index (Phi) is 6.65. The zero-order valence-electron chi connectivity index (χ0n) is 23.9. The van der Waals surface area contributed by atoms with E-state index >= 15 is 0 Å². The van der Waals surface area contributed by atoms with Crippen LogP contribution in [0.25, 0.3) is 0 Å². The van der Waals surface area contributed by atoms with Gasteiger partial charge in [0.1, 0.15) is 23.0 Å². The Bertz CT molecular complexity index is 1410. The monoisotopic (exact) mass is 554 g/mol. The maximum absolute atomic E-state index is 14.4. The third-order valence-electron chi connectivity index (χ3n) is 10.1. The van der Waals surface area contributed by atoms with Crippen LogP contribution in [0.4, 0.5) is 0 Å². The smallest absolute Gasteiger partial charge is 0.231 e. The molecule has 3 heterocycles. The molecule has 3 aliphatic heterocycles. The van der Waals surface area contributed by atoms with E-state index in [1.807, 2.05) is 56.3 Å². The van der Waals surface area contributed by atoms with Crippen LogP contribution in [-0.2, 0) is 32.0 Å². The number of fused-ring (bicyclic) bond motifs is 2. The molecule has 0 radical (unpaired) electrons. The highest BCUT2D eigenvalue weighted by Gasteiger charge is 2.72. The standard InChI is InChI=1S/C35H38O6/c1-20-12-21(2)14-24(13-20)17-26(36)31-29-10-11-35(41-29)32(27(37)16-22-6-4-3-5-7-22)25(34(38)33(31)35)15-23-8-9-28-30(18-23)40-19-39-28/h8-14,18,22,25,29,31-33H,3-7,15-17,19H2,1-2H3. The lowest BCUT2D eigenvalue weighted by atomic mass is 9.70. The normalized spacial score (nSPS) is 31.6. The molecular weight excluding hydrogens is 516 g/mol. The zero-order valence-corrected chi connectivity index (χ0v) is 23.9. The average Bonchev–Trinajstić information content (AvgIpc) is 3.69. The van der Waals surface area contributed by atoms with Gasteiger partial charge in [0.15, 0.2) is 11.5 Å². The van der Waals surface area contributed by atoms with Crippen LogP contribution in [0.1, 0.15) is 60.8 Å². The van der Waals surface area contributed by atoms with E-state index in [-0.39, 0.29) is 30.6 Å². The summed E-state index contributed by atoms with van der Waals surface area (Å²) in [6, 6.07) is 11.9. The molecule has 7 rings (SSSR count). The molecule has 6 atom stereocenters. The van der Waals surface area contributed by atoms with Gasteiger partial charge in [0.25, 0.3) is 0 Å². The van der Waals surface area contributed by atoms with Gasteiger partial charge in [0.2, 0.25) is 6.79 Å². The molecule has 214 valence electrons. The van der Waals surface area contributed by atoms with E-state index in [1.54, 1.807) is 0 Å². The molecule has 2 aromatic rings. The minimum atomic E-state index is -1.03. The van der Waals surface area contributed by atoms with Crippen molar-refractivity contribution in [1.29, 1.82) is 0 Å². The van der Waals surface area contributed by atoms with Crippen molar-refractivity contribution in [3.05, 3.63) is 70.8 Å². The van der Waals surface area contributed by atoms with Crippen molar-refractivity contribution in [3.63, 3.8) is 0 Å². The fraction of sp³-hybridized carbons (Fsp3) is 0.514. The van der Waals surface area contributed by atoms with Crippen molar-refractivity contribution in [2.75, 3.05) is 6.79 Å². The highest BCUT2D eigenvalue weighted by molar-refractivity contribution is 6.02. The molecule has 3 fully saturated rings. The molecule has 5 aliphatic rings. The fourth-order valence-electron chi connectivity index (χ4n) is 8.56. The quantitative estimate of drug-likeness (QED) is 0.391. The summed E-state index contributed by atoms with van der Waals surface area (Å²) in [5.41, 5.74) is 3.08. The molecule has 6 heteroatoms. The van der Waals surface area contributed by atoms with Gasteiger partial charge in [-0.25, -0.2) is 0 Å². The van der Waals surface area contributed by atoms with Gasteiger partial charge in [-0.1, -0.05) is 79.6 Å². The third-order valence-corrected chi connectivity index (χ3v) is 10.1. The molecule has 2 aliphatic carbocycles. The molecule has 1 spiro atoms. The third kappa shape index (κ3) is 4.55. The van der Waals surface area contributed by atoms with Crippen molar-refractivity contribution in [1.82, 2.24) is 0 Å². The predicted octanol–water partition coefficient (Wildman–Crippen LogP) is 5.68. The van der Waals surface area contributed by atoms with Crippen LogP contribution in [0.2, 0.25) is 0 Å². The second kappa shape index (κ2) is 10.2. The number of hydrogen-bond acceptors (Lipinski definition) is 6. The topological polar surface area (TPSA) is 78.9 Å². The molecule has 41 heavy (non-hydrogen) atoms. The summed E-state index contributed by atoms with van der Waals surface area (Å²) in [7, 11) is 0. The molecule has 6 unspecified atom stereocenters. The van der Waals surface area contributed by atoms with E-state index in [0.717, 1.165) is 47.9 Å². The summed E-state index contributed by atoms with van der Waals surface area (Å²) in [5.74, 6) is -0.491. The van der Waals surface area contributed by atoms with Gasteiger partial charge in [-0.05, 0) is 49.4 Å². The first-order valence-corrected chi connectivity index (χ1v) is 15.2. The summed E-state index contributed by atoms with van der Waals surface area (Å²) < 4.78 is 17.7. The first-order chi connectivity index (χ1) is 19.8. The zero-order chi connectivity index (χ0) is 28.3. The number of ether oxygens (including phenoxy) is 3. The second-order valence-corrected chi connectivity index (χ2v) is 13.0. The summed E-state index contributed by atoms with van der Waals surface area (Å²) in [6.45, 7) is 4.24. The Morgan fingerprint density at radius 3 is 2.44 bits per heavy atom. The Morgan fingerprint density at radius 1 is 0.902 bits per heavy atom. The van der Waals surface area contributed by atoms with E-state index in [2.05, 4.69) is 6.07 Å². The molecule has 2 aromatic carbocycles. The molecule has 6 nitrogen and oxygen atoms in total. The van der Waals surface area contributed by atoms with Crippen molar-refractivity contribution in [2.24, 2.45) is 29.6 Å². The minimum Gasteiger partial charge on any atom is -0.454 e. The number of Topliss-reactive ketones (excluding diaryl/α,β-unsaturated/α-hetero) is 3. The van der Waals surface area contributed by atoms with E-state index in [1.165, 1.54) is 6.42 Å². The molecule has 0 amide bonds. The van der Waals surface area contributed by atoms with Gasteiger partial charge in [-0.15, -0.1) is 0 Å². The summed E-state index contributed by atoms with van der Waals surface area (Å²) in [4.78, 5) is 42.6. The average molecular weight is 555 g/mol. The van der Waals surface area contributed by atoms with Crippen molar-refractivity contribution >= 4 is 17.3 Å². The first-order valence-electron chi connectivity index (χ1n) is 15.2. The van der Waals surface area contributed by atoms with Crippen LogP contribution >= 0.6 is 0 Å². The van der Waals surface area contributed by atoms with Crippen LogP contribution in [0.5, 0.6) is 11.5 Å². The van der Waals surface area contributed by atoms with Gasteiger partial charge >= 0.3 is 0 Å². The van der Waals surface area contributed by atoms with Crippen LogP contribution in [0.15, 0.2) is 48.6 Å². The maximum atomic E-state index is 14.4. The van der Waals surface area contributed by atoms with Crippen molar-refractivity contribution < 1.29 is 28.6 Å². The lowest BCUT2D eigenvalue weighted by molar-refractivity contribution is -0.135. The van der Waals surface area contributed by atoms with Crippen molar-refractivity contribution in [3.8, 4) is 11.5 Å². The highest BCUT2D eigenvalue weighted by Crippen LogP contribution is 2.60. The Balaban J connectivity index is 1.21. The van der Waals surface area contributed by atoms with E-state index in [0.29, 0.717) is 30.3 Å². The van der Waals surface area contributed by atoms with Crippen LogP contribution in [-0.4, -0.2) is 35.8 Å². The molecule has 0 aromatic heterocycles. The molecule has 2 saturated carbocycles. The van der Waals surface area contributed by atoms with Gasteiger partial charge in [-0.2, -0.15) is 0 Å². The summed E-state index contributed by atoms with van der Waals surface area (Å²) in [5, 5.41) is 0. The number of ketones is 3. The number of benzene rings is 2. The summed E-state index contributed by atoms with van der Waals surface area (Å²) in [6.07, 6.45) is 10.3. The minimum absolute atomic E-state index is 0.00437. The van der Waals surface area contributed by atoms with Crippen LogP contribution in [0.3, 0.4) is 0 Å². The molecular formula is C35H38O6. The van der Waals surface area contributed by atoms with Crippen molar-refractivity contribution in [2.45, 2.75) is 76.9 Å². The largest absolute Gasteiger partial charge is 0.454 e. The Labute approximate surface area is 241 Å². The number of carbonyl (C=O) groups excluding carboxylic acids is 3. The van der Waals surface area contributed by atoms with E-state index in [9.17, 15) is 14.4 Å². The summed E-state index contributed by atoms with van der Waals surface area (Å²) >= 11 is 0. The number of carbonyl (C=O) groups is 3. The van der Waals surface area contributed by atoms with Crippen LogP contribution < -0.4 is 9.47 Å². The Morgan fingerprint density at radius 2 is 1.66 bits per heavy atom. The van der Waals surface area contributed by atoms with E-state index < -0.39 is 35.4 Å². The molecule has 2 bridgehead atoms. The van der Waals surface area contributed by atoms with Crippen LogP contribution in [0, 0.1) is 43.4 Å². The fourth-order valence-corrected chi connectivity index (χ4v) is 8.56. The highest BCUT2D eigenvalue weighted by atomic mass is 16.7. The van der Waals surface area contributed by atoms with Gasteiger partial charge < -0.3 is 14.2 Å². The molecule has 1 saturated heterocycles. The Hall–Kier alpha value is -3.25. The predicted molar refractivity (Wildman–Crippen MR) is 153 cm³/mol. The maximum Gasteiger partial charge on any atom is 0.231 e. The van der Waals surface area contributed by atoms with Gasteiger partial charge in [0, 0.05) is 18.8 Å². The van der Waals surface area contributed by atoms with Gasteiger partial charge in [0.05, 0.1) is 23.9 Å².